The van der Waals surface area contributed by atoms with E-state index in [1.807, 2.05) is 18.2 Å². The number of aromatic nitrogens is 3. The van der Waals surface area contributed by atoms with E-state index in [-0.39, 0.29) is 5.70 Å². The maximum atomic E-state index is 12.0. The maximum absolute atomic E-state index is 12.0. The Kier molecular flexibility index (Phi) is 6.30. The lowest BCUT2D eigenvalue weighted by molar-refractivity contribution is -0.115. The van der Waals surface area contributed by atoms with Gasteiger partial charge in [0.05, 0.1) is 19.4 Å². The lowest BCUT2D eigenvalue weighted by Gasteiger charge is -2.26. The molecule has 2 saturated heterocycles. The molecule has 0 saturated carbocycles. The van der Waals surface area contributed by atoms with Crippen molar-refractivity contribution in [1.82, 2.24) is 30.1 Å². The van der Waals surface area contributed by atoms with Crippen molar-refractivity contribution < 1.29 is 14.3 Å². The minimum absolute atomic E-state index is 0.136. The number of fused-ring (bicyclic) bond motifs is 1. The molecule has 1 aromatic carbocycles. The summed E-state index contributed by atoms with van der Waals surface area (Å²) in [7, 11) is 0. The number of nitrogens with one attached hydrogen (secondary N) is 4. The van der Waals surface area contributed by atoms with E-state index in [1.54, 1.807) is 28.9 Å². The summed E-state index contributed by atoms with van der Waals surface area (Å²) in [6, 6.07) is 8.64. The van der Waals surface area contributed by atoms with Gasteiger partial charge in [-0.3, -0.25) is 15.0 Å². The van der Waals surface area contributed by atoms with E-state index >= 15 is 0 Å². The number of urea groups is 1. The van der Waals surface area contributed by atoms with Crippen molar-refractivity contribution in [1.29, 1.82) is 0 Å². The Balaban J connectivity index is 1.46. The lowest BCUT2D eigenvalue weighted by atomic mass is 10.2. The summed E-state index contributed by atoms with van der Waals surface area (Å²) in [5, 5.41) is 16.4. The predicted molar refractivity (Wildman–Crippen MR) is 128 cm³/mol. The summed E-state index contributed by atoms with van der Waals surface area (Å²) in [6.45, 7) is 4.85. The normalized spacial score (nSPS) is 17.7. The van der Waals surface area contributed by atoms with E-state index in [0.717, 1.165) is 44.4 Å². The van der Waals surface area contributed by atoms with Crippen LogP contribution in [0, 0.1) is 0 Å². The summed E-state index contributed by atoms with van der Waals surface area (Å²) in [4.78, 5) is 30.5. The van der Waals surface area contributed by atoms with Gasteiger partial charge < -0.3 is 20.7 Å². The van der Waals surface area contributed by atoms with Crippen LogP contribution in [0.3, 0.4) is 0 Å². The summed E-state index contributed by atoms with van der Waals surface area (Å²) < 4.78 is 7.08. The van der Waals surface area contributed by atoms with Crippen molar-refractivity contribution in [2.24, 2.45) is 0 Å². The summed E-state index contributed by atoms with van der Waals surface area (Å²) in [6.07, 6.45) is 3.15. The van der Waals surface area contributed by atoms with Crippen LogP contribution in [0.5, 0.6) is 0 Å². The van der Waals surface area contributed by atoms with Crippen molar-refractivity contribution in [3.8, 4) is 0 Å². The molecule has 34 heavy (non-hydrogen) atoms. The second kappa shape index (κ2) is 9.67. The smallest absolute Gasteiger partial charge is 0.326 e. The van der Waals surface area contributed by atoms with Gasteiger partial charge >= 0.3 is 6.03 Å². The first kappa shape index (κ1) is 22.1. The number of carbonyl (C=O) groups excluding carboxylic acids is 2. The van der Waals surface area contributed by atoms with Gasteiger partial charge in [-0.25, -0.2) is 9.78 Å². The number of benzene rings is 1. The highest BCUT2D eigenvalue weighted by molar-refractivity contribution is 6.30. The molecule has 2 aliphatic heterocycles. The van der Waals surface area contributed by atoms with Crippen LogP contribution in [0.15, 0.2) is 42.2 Å². The van der Waals surface area contributed by atoms with Gasteiger partial charge in [-0.05, 0) is 24.3 Å². The second-order valence-corrected chi connectivity index (χ2v) is 8.28. The van der Waals surface area contributed by atoms with E-state index in [0.29, 0.717) is 28.6 Å². The molecule has 0 spiro atoms. The largest absolute Gasteiger partial charge is 0.379 e. The van der Waals surface area contributed by atoms with E-state index < -0.39 is 11.9 Å². The number of halogens is 1. The minimum atomic E-state index is -0.561. The molecule has 0 aliphatic carbocycles. The molecule has 2 aliphatic rings. The highest BCUT2D eigenvalue weighted by Crippen LogP contribution is 2.24. The van der Waals surface area contributed by atoms with E-state index in [9.17, 15) is 9.59 Å². The number of hydrogen-bond donors (Lipinski definition) is 4. The zero-order valence-electron chi connectivity index (χ0n) is 18.2. The number of anilines is 3. The van der Waals surface area contributed by atoms with E-state index in [2.05, 4.69) is 31.3 Å². The fourth-order valence-corrected chi connectivity index (χ4v) is 3.98. The Morgan fingerprint density at radius 1 is 1.18 bits per heavy atom. The molecule has 3 amide bonds. The first-order chi connectivity index (χ1) is 16.5. The van der Waals surface area contributed by atoms with Gasteiger partial charge in [0.2, 0.25) is 0 Å². The monoisotopic (exact) mass is 482 g/mol. The van der Waals surface area contributed by atoms with Crippen LogP contribution in [0.2, 0.25) is 5.02 Å². The van der Waals surface area contributed by atoms with Crippen molar-refractivity contribution in [2.75, 3.05) is 50.0 Å². The zero-order chi connectivity index (χ0) is 23.5. The van der Waals surface area contributed by atoms with Crippen LogP contribution >= 0.6 is 11.6 Å². The zero-order valence-corrected chi connectivity index (χ0v) is 18.9. The standard InChI is InChI=1S/C22H23ClN8O3/c23-15-2-1-3-16(11-15)26-18-12-19(24-4-5-30-6-8-34-9-7-30)31-20(28-18)14(13-25-31)10-17-21(32)29-22(33)27-17/h1-3,10-13,24H,4-9H2,(H,26,28)(H2,27,29,32,33). The number of hydrogen-bond acceptors (Lipinski definition) is 8. The molecule has 176 valence electrons. The van der Waals surface area contributed by atoms with Crippen LogP contribution in [-0.2, 0) is 9.53 Å². The molecule has 0 unspecified atom stereocenters. The second-order valence-electron chi connectivity index (χ2n) is 7.84. The van der Waals surface area contributed by atoms with Gasteiger partial charge in [-0.1, -0.05) is 17.7 Å². The summed E-state index contributed by atoms with van der Waals surface area (Å²) >= 11 is 6.13. The molecule has 11 nitrogen and oxygen atoms in total. The Bertz CT molecular complexity index is 1270. The quantitative estimate of drug-likeness (QED) is 0.298. The highest BCUT2D eigenvalue weighted by Gasteiger charge is 2.24. The molecule has 12 heteroatoms. The third-order valence-corrected chi connectivity index (χ3v) is 5.69. The van der Waals surface area contributed by atoms with Crippen molar-refractivity contribution in [2.45, 2.75) is 0 Å². The van der Waals surface area contributed by atoms with Crippen LogP contribution in [0.4, 0.5) is 22.1 Å². The molecule has 4 N–H and O–H groups in total. The first-order valence-electron chi connectivity index (χ1n) is 10.8. The topological polar surface area (TPSA) is 125 Å². The van der Waals surface area contributed by atoms with Gasteiger partial charge in [0.1, 0.15) is 17.3 Å². The van der Waals surface area contributed by atoms with Gasteiger partial charge in [-0.2, -0.15) is 9.61 Å². The number of nitrogens with zero attached hydrogens (tertiary/aromatic N) is 4. The third-order valence-electron chi connectivity index (χ3n) is 5.45. The molecule has 0 radical (unpaired) electrons. The number of morpholine rings is 1. The number of imide groups is 1. The number of ether oxygens (including phenoxy) is 1. The Hall–Kier alpha value is -3.67. The molecule has 3 aromatic rings. The Morgan fingerprint density at radius 3 is 2.79 bits per heavy atom. The minimum Gasteiger partial charge on any atom is -0.379 e. The highest BCUT2D eigenvalue weighted by atomic mass is 35.5. The number of carbonyl (C=O) groups is 2. The lowest BCUT2D eigenvalue weighted by Crippen LogP contribution is -2.39. The van der Waals surface area contributed by atoms with Crippen molar-refractivity contribution >= 4 is 52.6 Å². The van der Waals surface area contributed by atoms with Crippen molar-refractivity contribution in [3.63, 3.8) is 0 Å². The number of rotatable bonds is 7. The molecular weight excluding hydrogens is 460 g/mol. The van der Waals surface area contributed by atoms with E-state index in [1.165, 1.54) is 0 Å². The van der Waals surface area contributed by atoms with Crippen LogP contribution in [0.1, 0.15) is 5.56 Å². The van der Waals surface area contributed by atoms with Gasteiger partial charge in [-0.15, -0.1) is 0 Å². The van der Waals surface area contributed by atoms with Gasteiger partial charge in [0.25, 0.3) is 5.91 Å². The molecule has 5 rings (SSSR count). The van der Waals surface area contributed by atoms with Crippen molar-refractivity contribution in [3.05, 3.63) is 52.8 Å². The Labute approximate surface area is 200 Å². The van der Waals surface area contributed by atoms with Crippen LogP contribution in [-0.4, -0.2) is 70.8 Å². The maximum Gasteiger partial charge on any atom is 0.326 e. The Morgan fingerprint density at radius 2 is 2.03 bits per heavy atom. The summed E-state index contributed by atoms with van der Waals surface area (Å²) in [5.41, 5.74) is 2.02. The molecular formula is C22H23ClN8O3. The SMILES string of the molecule is O=C1NC(=O)C(=Cc2cnn3c(NCCN4CCOCC4)cc(Nc4cccc(Cl)c4)nc23)N1. The third kappa shape index (κ3) is 4.96. The molecule has 2 fully saturated rings. The van der Waals surface area contributed by atoms with E-state index in [4.69, 9.17) is 21.3 Å². The summed E-state index contributed by atoms with van der Waals surface area (Å²) in [5.74, 6) is 0.803. The fourth-order valence-electron chi connectivity index (χ4n) is 3.79. The van der Waals surface area contributed by atoms with Gasteiger partial charge in [0, 0.05) is 48.5 Å². The fraction of sp³-hybridized carbons (Fsp3) is 0.273. The van der Waals surface area contributed by atoms with Gasteiger partial charge in [0.15, 0.2) is 5.65 Å². The average molecular weight is 483 g/mol. The first-order valence-corrected chi connectivity index (χ1v) is 11.2. The van der Waals surface area contributed by atoms with Crippen LogP contribution in [0.25, 0.3) is 11.7 Å². The van der Waals surface area contributed by atoms with Crippen LogP contribution < -0.4 is 21.3 Å². The molecule has 2 aromatic heterocycles. The number of amides is 3. The average Bonchev–Trinajstić information content (AvgIpc) is 3.36. The molecule has 4 heterocycles. The molecule has 0 atom stereocenters. The molecule has 0 bridgehead atoms. The predicted octanol–water partition coefficient (Wildman–Crippen LogP) is 2.05.